The van der Waals surface area contributed by atoms with Gasteiger partial charge in [0.2, 0.25) is 0 Å². The molecule has 1 fully saturated rings. The molecule has 0 aromatic heterocycles. The molecule has 0 radical (unpaired) electrons. The summed E-state index contributed by atoms with van der Waals surface area (Å²) in [6.07, 6.45) is 4.75. The largest absolute Gasteiger partial charge is 0.493 e. The van der Waals surface area contributed by atoms with Crippen LogP contribution in [0.15, 0.2) is 23.2 Å². The number of nitrogens with zero attached hydrogens (tertiary/aromatic N) is 1. The number of hydrogen-bond donors (Lipinski definition) is 2. The highest BCUT2D eigenvalue weighted by atomic mass is 127. The van der Waals surface area contributed by atoms with Gasteiger partial charge in [-0.1, -0.05) is 12.1 Å². The second-order valence-electron chi connectivity index (χ2n) is 6.89. The van der Waals surface area contributed by atoms with E-state index in [9.17, 15) is 0 Å². The highest BCUT2D eigenvalue weighted by Gasteiger charge is 2.22. The summed E-state index contributed by atoms with van der Waals surface area (Å²) in [6.45, 7) is 11.0. The molecule has 6 heteroatoms. The van der Waals surface area contributed by atoms with Crippen molar-refractivity contribution in [3.05, 3.63) is 29.3 Å². The molecule has 154 valence electrons. The maximum Gasteiger partial charge on any atom is 0.191 e. The molecule has 5 nitrogen and oxygen atoms in total. The van der Waals surface area contributed by atoms with E-state index >= 15 is 0 Å². The predicted octanol–water partition coefficient (Wildman–Crippen LogP) is 4.27. The second-order valence-corrected chi connectivity index (χ2v) is 6.89. The second kappa shape index (κ2) is 14.0. The Morgan fingerprint density at radius 3 is 2.70 bits per heavy atom. The van der Waals surface area contributed by atoms with Gasteiger partial charge in [0.25, 0.3) is 0 Å². The van der Waals surface area contributed by atoms with Crippen molar-refractivity contribution in [1.29, 1.82) is 0 Å². The summed E-state index contributed by atoms with van der Waals surface area (Å²) in [4.78, 5) is 4.73. The lowest BCUT2D eigenvalue weighted by Crippen LogP contribution is -2.37. The molecular formula is C21H36IN3O2. The van der Waals surface area contributed by atoms with Gasteiger partial charge < -0.3 is 20.1 Å². The number of unbranched alkanes of at least 4 members (excludes halogenated alkanes) is 1. The van der Waals surface area contributed by atoms with Crippen LogP contribution in [0.1, 0.15) is 50.7 Å². The van der Waals surface area contributed by atoms with E-state index in [1.807, 2.05) is 6.92 Å². The van der Waals surface area contributed by atoms with Gasteiger partial charge in [-0.15, -0.1) is 24.0 Å². The lowest BCUT2D eigenvalue weighted by molar-refractivity contribution is 0.143. The van der Waals surface area contributed by atoms with Gasteiger partial charge in [0.15, 0.2) is 5.96 Å². The Labute approximate surface area is 181 Å². The first kappa shape index (κ1) is 24.0. The van der Waals surface area contributed by atoms with E-state index in [-0.39, 0.29) is 24.0 Å². The van der Waals surface area contributed by atoms with Gasteiger partial charge in [0, 0.05) is 31.9 Å². The molecule has 1 aliphatic carbocycles. The van der Waals surface area contributed by atoms with Gasteiger partial charge >= 0.3 is 0 Å². The first-order chi connectivity index (χ1) is 12.7. The Balaban J connectivity index is 0.00000364. The number of aryl methyl sites for hydroxylation is 1. The standard InChI is InChI=1S/C21H35N3O2.HI/c1-4-22-21(23-12-6-7-13-25-5-2)24-15-19-11-8-17(3)14-20(19)26-16-18-9-10-18;/h8,11,14,18H,4-7,9-10,12-13,15-16H2,1-3H3,(H2,22,23,24);1H. The number of guanidine groups is 1. The maximum absolute atomic E-state index is 6.05. The smallest absolute Gasteiger partial charge is 0.191 e. The first-order valence-corrected chi connectivity index (χ1v) is 10.0. The van der Waals surface area contributed by atoms with Crippen molar-refractivity contribution in [2.75, 3.05) is 32.9 Å². The zero-order chi connectivity index (χ0) is 18.6. The van der Waals surface area contributed by atoms with Crippen LogP contribution in [0.3, 0.4) is 0 Å². The van der Waals surface area contributed by atoms with E-state index in [0.717, 1.165) is 68.9 Å². The van der Waals surface area contributed by atoms with Crippen LogP contribution in [0.5, 0.6) is 5.75 Å². The normalized spacial score (nSPS) is 13.8. The van der Waals surface area contributed by atoms with Crippen molar-refractivity contribution in [3.8, 4) is 5.75 Å². The summed E-state index contributed by atoms with van der Waals surface area (Å²) in [7, 11) is 0. The number of halogens is 1. The molecule has 0 bridgehead atoms. The Morgan fingerprint density at radius 2 is 2.00 bits per heavy atom. The summed E-state index contributed by atoms with van der Waals surface area (Å²) in [5.41, 5.74) is 2.37. The topological polar surface area (TPSA) is 54.9 Å². The van der Waals surface area contributed by atoms with Crippen LogP contribution in [0.2, 0.25) is 0 Å². The molecule has 0 amide bonds. The van der Waals surface area contributed by atoms with Crippen molar-refractivity contribution in [2.45, 2.75) is 53.0 Å². The van der Waals surface area contributed by atoms with Gasteiger partial charge in [-0.2, -0.15) is 0 Å². The van der Waals surface area contributed by atoms with E-state index in [0.29, 0.717) is 6.54 Å². The van der Waals surface area contributed by atoms with Crippen molar-refractivity contribution >= 4 is 29.9 Å². The molecule has 1 aromatic carbocycles. The summed E-state index contributed by atoms with van der Waals surface area (Å²) in [5.74, 6) is 2.59. The van der Waals surface area contributed by atoms with Gasteiger partial charge in [-0.05, 0) is 64.0 Å². The number of hydrogen-bond acceptors (Lipinski definition) is 3. The molecule has 0 spiro atoms. The average molecular weight is 489 g/mol. The summed E-state index contributed by atoms with van der Waals surface area (Å²) in [5, 5.41) is 6.71. The molecule has 0 atom stereocenters. The van der Waals surface area contributed by atoms with E-state index in [1.54, 1.807) is 0 Å². The Kier molecular flexibility index (Phi) is 12.5. The molecule has 0 saturated heterocycles. The molecule has 1 saturated carbocycles. The predicted molar refractivity (Wildman–Crippen MR) is 123 cm³/mol. The van der Waals surface area contributed by atoms with Crippen LogP contribution in [-0.2, 0) is 11.3 Å². The van der Waals surface area contributed by atoms with Gasteiger partial charge in [0.1, 0.15) is 5.75 Å². The molecule has 27 heavy (non-hydrogen) atoms. The molecule has 1 aromatic rings. The highest BCUT2D eigenvalue weighted by Crippen LogP contribution is 2.30. The van der Waals surface area contributed by atoms with Crippen LogP contribution in [0.25, 0.3) is 0 Å². The van der Waals surface area contributed by atoms with Gasteiger partial charge in [0.05, 0.1) is 13.2 Å². The maximum atomic E-state index is 6.05. The van der Waals surface area contributed by atoms with E-state index in [4.69, 9.17) is 14.5 Å². The molecule has 2 N–H and O–H groups in total. The number of aliphatic imine (C=N–C) groups is 1. The summed E-state index contributed by atoms with van der Waals surface area (Å²) >= 11 is 0. The summed E-state index contributed by atoms with van der Waals surface area (Å²) in [6, 6.07) is 6.39. The fourth-order valence-corrected chi connectivity index (χ4v) is 2.61. The fraction of sp³-hybridized carbons (Fsp3) is 0.667. The monoisotopic (exact) mass is 489 g/mol. The third kappa shape index (κ3) is 10.2. The SMILES string of the molecule is CCNC(=NCc1ccc(C)cc1OCC1CC1)NCCCCOCC.I. The van der Waals surface area contributed by atoms with Gasteiger partial charge in [-0.25, -0.2) is 4.99 Å². The third-order valence-electron chi connectivity index (χ3n) is 4.36. The molecule has 0 unspecified atom stereocenters. The Bertz CT molecular complexity index is 562. The van der Waals surface area contributed by atoms with Crippen LogP contribution < -0.4 is 15.4 Å². The van der Waals surface area contributed by atoms with E-state index in [1.165, 1.54) is 18.4 Å². The number of nitrogens with one attached hydrogen (secondary N) is 2. The molecule has 1 aliphatic rings. The van der Waals surface area contributed by atoms with Crippen molar-refractivity contribution in [1.82, 2.24) is 10.6 Å². The quantitative estimate of drug-likeness (QED) is 0.199. The fourth-order valence-electron chi connectivity index (χ4n) is 2.61. The Morgan fingerprint density at radius 1 is 1.19 bits per heavy atom. The minimum Gasteiger partial charge on any atom is -0.493 e. The van der Waals surface area contributed by atoms with E-state index < -0.39 is 0 Å². The minimum atomic E-state index is 0. The van der Waals surface area contributed by atoms with Crippen LogP contribution in [-0.4, -0.2) is 38.9 Å². The van der Waals surface area contributed by atoms with Crippen molar-refractivity contribution in [3.63, 3.8) is 0 Å². The molecule has 0 aliphatic heterocycles. The minimum absolute atomic E-state index is 0. The number of benzene rings is 1. The van der Waals surface area contributed by atoms with Gasteiger partial charge in [-0.3, -0.25) is 0 Å². The van der Waals surface area contributed by atoms with Crippen LogP contribution in [0, 0.1) is 12.8 Å². The van der Waals surface area contributed by atoms with Crippen LogP contribution >= 0.6 is 24.0 Å². The zero-order valence-electron chi connectivity index (χ0n) is 17.1. The number of rotatable bonds is 12. The average Bonchev–Trinajstić information content (AvgIpc) is 3.46. The molecule has 2 rings (SSSR count). The third-order valence-corrected chi connectivity index (χ3v) is 4.36. The zero-order valence-corrected chi connectivity index (χ0v) is 19.4. The first-order valence-electron chi connectivity index (χ1n) is 10.0. The number of ether oxygens (including phenoxy) is 2. The lowest BCUT2D eigenvalue weighted by atomic mass is 10.1. The van der Waals surface area contributed by atoms with Crippen molar-refractivity contribution in [2.24, 2.45) is 10.9 Å². The van der Waals surface area contributed by atoms with Crippen LogP contribution in [0.4, 0.5) is 0 Å². The van der Waals surface area contributed by atoms with E-state index in [2.05, 4.69) is 42.7 Å². The highest BCUT2D eigenvalue weighted by molar-refractivity contribution is 14.0. The molecular weight excluding hydrogens is 453 g/mol. The Hall–Kier alpha value is -1.02. The lowest BCUT2D eigenvalue weighted by Gasteiger charge is -2.13. The summed E-state index contributed by atoms with van der Waals surface area (Å²) < 4.78 is 11.4. The van der Waals surface area contributed by atoms with Crippen molar-refractivity contribution < 1.29 is 9.47 Å². The molecule has 0 heterocycles.